The summed E-state index contributed by atoms with van der Waals surface area (Å²) in [4.78, 5) is 121. The lowest BCUT2D eigenvalue weighted by Gasteiger charge is -2.29. The van der Waals surface area contributed by atoms with Crippen LogP contribution in [0.5, 0.6) is 0 Å². The Balaban J connectivity index is 5.86. The molecule has 0 unspecified atom stereocenters. The molecule has 26 heteroatoms. The number of carbonyl (C=O) groups is 9. The van der Waals surface area contributed by atoms with Gasteiger partial charge in [0.1, 0.15) is 42.3 Å². The SMILES string of the molecule is CC[C@H](C)[C@H](NC(=O)[C@H](CS)NC(=O)[C@@H](N)CCCN=C(N)N)C(=O)N[C@@H](CS)C(=O)N[C@H](C(=O)N[C@@H](CC(C)C)C(=O)NCC(=O)N[C@H](C(=O)N[C@@H](CS)C(=O)O)C(C)C)[C@@H](C)O. The van der Waals surface area contributed by atoms with Crippen molar-refractivity contribution in [1.82, 2.24) is 42.5 Å². The Hall–Kier alpha value is -4.53. The fraction of sp³-hybridized carbons (Fsp3) is 0.737. The molecule has 0 aliphatic rings. The van der Waals surface area contributed by atoms with Gasteiger partial charge in [-0.25, -0.2) is 4.79 Å². The number of aliphatic carboxylic acids is 1. The third-order valence-electron chi connectivity index (χ3n) is 9.62. The Bertz CT molecular complexity index is 1620. The van der Waals surface area contributed by atoms with Crippen LogP contribution >= 0.6 is 37.9 Å². The van der Waals surface area contributed by atoms with E-state index in [0.717, 1.165) is 0 Å². The first-order valence-corrected chi connectivity index (χ1v) is 22.7. The molecule has 366 valence electrons. The van der Waals surface area contributed by atoms with Crippen molar-refractivity contribution in [1.29, 1.82) is 0 Å². The molecule has 0 aromatic carbocycles. The number of nitrogens with two attached hydrogens (primary N) is 3. The number of hydrogen-bond acceptors (Lipinski definition) is 15. The first kappa shape index (κ1) is 59.5. The summed E-state index contributed by atoms with van der Waals surface area (Å²) >= 11 is 12.3. The second-order valence-corrected chi connectivity index (χ2v) is 17.0. The van der Waals surface area contributed by atoms with Gasteiger partial charge in [-0.05, 0) is 43.9 Å². The average molecular weight is 967 g/mol. The quantitative estimate of drug-likeness (QED) is 0.0141. The van der Waals surface area contributed by atoms with Crippen molar-refractivity contribution in [3.63, 3.8) is 0 Å². The van der Waals surface area contributed by atoms with Crippen molar-refractivity contribution >= 4 is 97.1 Å². The molecule has 16 N–H and O–H groups in total. The van der Waals surface area contributed by atoms with Crippen LogP contribution in [0, 0.1) is 17.8 Å². The van der Waals surface area contributed by atoms with E-state index in [9.17, 15) is 53.4 Å². The molecule has 0 aromatic rings. The lowest BCUT2D eigenvalue weighted by atomic mass is 9.97. The number of carboxylic acid groups (broad SMARTS) is 1. The molecule has 0 saturated heterocycles. The number of carbonyl (C=O) groups excluding carboxylic acids is 8. The van der Waals surface area contributed by atoms with Gasteiger partial charge in [0.25, 0.3) is 0 Å². The zero-order chi connectivity index (χ0) is 49.4. The highest BCUT2D eigenvalue weighted by atomic mass is 32.1. The van der Waals surface area contributed by atoms with E-state index in [0.29, 0.717) is 12.8 Å². The molecule has 0 aromatic heterocycles. The molecule has 0 saturated carbocycles. The molecule has 0 rings (SSSR count). The maximum absolute atomic E-state index is 13.6. The largest absolute Gasteiger partial charge is 0.480 e. The first-order chi connectivity index (χ1) is 29.8. The number of nitrogens with one attached hydrogen (secondary N) is 8. The molecule has 0 radical (unpaired) electrons. The zero-order valence-electron chi connectivity index (χ0n) is 37.4. The van der Waals surface area contributed by atoms with Crippen LogP contribution < -0.4 is 59.7 Å². The van der Waals surface area contributed by atoms with E-state index in [1.807, 2.05) is 0 Å². The van der Waals surface area contributed by atoms with E-state index < -0.39 is 126 Å². The number of aliphatic hydroxyl groups is 1. The van der Waals surface area contributed by atoms with E-state index in [4.69, 9.17) is 17.2 Å². The van der Waals surface area contributed by atoms with Gasteiger partial charge in [0.2, 0.25) is 47.3 Å². The summed E-state index contributed by atoms with van der Waals surface area (Å²) in [6, 6.07) is -10.2. The molecule has 23 nitrogen and oxygen atoms in total. The van der Waals surface area contributed by atoms with Gasteiger partial charge in [-0.1, -0.05) is 48.0 Å². The van der Waals surface area contributed by atoms with Crippen LogP contribution in [0.4, 0.5) is 0 Å². The van der Waals surface area contributed by atoms with E-state index in [-0.39, 0.29) is 48.5 Å². The minimum atomic E-state index is -1.66. The summed E-state index contributed by atoms with van der Waals surface area (Å²) in [7, 11) is 0. The van der Waals surface area contributed by atoms with Crippen molar-refractivity contribution in [2.24, 2.45) is 39.9 Å². The van der Waals surface area contributed by atoms with Crippen LogP contribution in [0.2, 0.25) is 0 Å². The molecule has 8 amide bonds. The maximum atomic E-state index is 13.6. The van der Waals surface area contributed by atoms with E-state index in [1.165, 1.54) is 6.92 Å². The second kappa shape index (κ2) is 30.6. The molecule has 10 atom stereocenters. The van der Waals surface area contributed by atoms with E-state index in [2.05, 4.69) is 85.4 Å². The maximum Gasteiger partial charge on any atom is 0.327 e. The number of aliphatic imine (C=N–C) groups is 1. The summed E-state index contributed by atoms with van der Waals surface area (Å²) in [6.07, 6.45) is -0.469. The number of nitrogens with zero attached hydrogens (tertiary/aromatic N) is 1. The van der Waals surface area contributed by atoms with Gasteiger partial charge in [-0.2, -0.15) is 37.9 Å². The molecule has 0 fully saturated rings. The van der Waals surface area contributed by atoms with Crippen molar-refractivity contribution in [3.05, 3.63) is 0 Å². The van der Waals surface area contributed by atoms with Gasteiger partial charge in [-0.15, -0.1) is 0 Å². The number of hydrogen-bond donors (Lipinski definition) is 16. The Kier molecular flexibility index (Phi) is 28.4. The summed E-state index contributed by atoms with van der Waals surface area (Å²) < 4.78 is 0. The average Bonchev–Trinajstić information content (AvgIpc) is 3.22. The fourth-order valence-corrected chi connectivity index (χ4v) is 6.42. The predicted molar refractivity (Wildman–Crippen MR) is 249 cm³/mol. The molecule has 0 spiro atoms. The van der Waals surface area contributed by atoms with Crippen molar-refractivity contribution in [2.45, 2.75) is 129 Å². The van der Waals surface area contributed by atoms with Gasteiger partial charge in [0.15, 0.2) is 5.96 Å². The third-order valence-corrected chi connectivity index (χ3v) is 10.7. The highest BCUT2D eigenvalue weighted by molar-refractivity contribution is 7.80. The summed E-state index contributed by atoms with van der Waals surface area (Å²) in [5.74, 6) is -9.70. The summed E-state index contributed by atoms with van der Waals surface area (Å²) in [6.45, 7) is 11.0. The number of amides is 8. The van der Waals surface area contributed by atoms with Crippen molar-refractivity contribution in [2.75, 3.05) is 30.3 Å². The van der Waals surface area contributed by atoms with Gasteiger partial charge in [-0.3, -0.25) is 43.3 Å². The number of carboxylic acids is 1. The monoisotopic (exact) mass is 966 g/mol. The minimum Gasteiger partial charge on any atom is -0.480 e. The zero-order valence-corrected chi connectivity index (χ0v) is 40.1. The first-order valence-electron chi connectivity index (χ1n) is 20.8. The summed E-state index contributed by atoms with van der Waals surface area (Å²) in [5.41, 5.74) is 16.6. The van der Waals surface area contributed by atoms with Gasteiger partial charge in [0, 0.05) is 23.8 Å². The van der Waals surface area contributed by atoms with Crippen LogP contribution in [-0.4, -0.2) is 154 Å². The van der Waals surface area contributed by atoms with Crippen LogP contribution in [0.1, 0.15) is 74.1 Å². The molecule has 64 heavy (non-hydrogen) atoms. The minimum absolute atomic E-state index is 0.0559. The molecule has 0 heterocycles. The Morgan fingerprint density at radius 2 is 1.08 bits per heavy atom. The molecule has 0 aliphatic heterocycles. The van der Waals surface area contributed by atoms with Crippen LogP contribution in [0.3, 0.4) is 0 Å². The lowest BCUT2D eigenvalue weighted by Crippen LogP contribution is -2.62. The second-order valence-electron chi connectivity index (χ2n) is 15.9. The van der Waals surface area contributed by atoms with Gasteiger partial charge in [0.05, 0.1) is 18.7 Å². The standard InChI is InChI=1S/C38H70N12O11S3/c1-8-19(6)28(49-32(55)23(14-62)45-30(53)21(39)10-9-11-42-38(40)41)35(58)46-24(15-63)33(56)50-29(20(7)51)36(59)44-22(12-17(2)3)31(54)43-13-26(52)48-27(18(4)5)34(57)47-25(16-64)37(60)61/h17-25,27-29,51,62-64H,8-16,39H2,1-7H3,(H,43,54)(H,44,59)(H,45,53)(H,46,58)(H,47,57)(H,48,52)(H,49,55)(H,50,56)(H,60,61)(H4,40,41,42)/t19-,20+,21-,22-,23-,24-,25-,27-,28-,29-/m0/s1. The highest BCUT2D eigenvalue weighted by Crippen LogP contribution is 2.11. The smallest absolute Gasteiger partial charge is 0.327 e. The Labute approximate surface area is 390 Å². The van der Waals surface area contributed by atoms with Crippen LogP contribution in [-0.2, 0) is 43.2 Å². The lowest BCUT2D eigenvalue weighted by molar-refractivity contribution is -0.141. The number of thiol groups is 3. The highest BCUT2D eigenvalue weighted by Gasteiger charge is 2.36. The van der Waals surface area contributed by atoms with Crippen molar-refractivity contribution in [3.8, 4) is 0 Å². The molecule has 0 bridgehead atoms. The van der Waals surface area contributed by atoms with E-state index >= 15 is 0 Å². The fourth-order valence-electron chi connectivity index (χ4n) is 5.66. The number of aliphatic hydroxyl groups excluding tert-OH is 1. The molecule has 0 aliphatic carbocycles. The predicted octanol–water partition coefficient (Wildman–Crippen LogP) is -4.12. The van der Waals surface area contributed by atoms with Gasteiger partial charge < -0.3 is 69.9 Å². The van der Waals surface area contributed by atoms with Crippen LogP contribution in [0.25, 0.3) is 0 Å². The third kappa shape index (κ3) is 21.9. The Morgan fingerprint density at radius 3 is 1.53 bits per heavy atom. The normalized spacial score (nSPS) is 15.8. The summed E-state index contributed by atoms with van der Waals surface area (Å²) in [5, 5.41) is 39.5. The number of rotatable bonds is 30. The Morgan fingerprint density at radius 1 is 0.609 bits per heavy atom. The van der Waals surface area contributed by atoms with Crippen molar-refractivity contribution < 1.29 is 53.4 Å². The number of guanidine groups is 1. The molecular weight excluding hydrogens is 897 g/mol. The molecular formula is C38H70N12O11S3. The topological polar surface area (TPSA) is 381 Å². The van der Waals surface area contributed by atoms with Gasteiger partial charge >= 0.3 is 5.97 Å². The van der Waals surface area contributed by atoms with Crippen LogP contribution in [0.15, 0.2) is 4.99 Å². The van der Waals surface area contributed by atoms with E-state index in [1.54, 1.807) is 41.5 Å².